The Labute approximate surface area is 125 Å². The van der Waals surface area contributed by atoms with E-state index in [1.807, 2.05) is 50.4 Å². The number of ether oxygens (including phenoxy) is 1. The molecule has 0 saturated carbocycles. The summed E-state index contributed by atoms with van der Waals surface area (Å²) in [7, 11) is 1.94. The molecule has 3 heteroatoms. The van der Waals surface area contributed by atoms with Crippen LogP contribution in [0, 0.1) is 0 Å². The minimum absolute atomic E-state index is 0.0373. The highest BCUT2D eigenvalue weighted by molar-refractivity contribution is 6.30. The molecule has 2 atom stereocenters. The normalized spacial score (nSPS) is 13.9. The van der Waals surface area contributed by atoms with Gasteiger partial charge in [0.2, 0.25) is 0 Å². The van der Waals surface area contributed by atoms with Gasteiger partial charge in [-0.2, -0.15) is 0 Å². The maximum atomic E-state index is 6.11. The van der Waals surface area contributed by atoms with Crippen molar-refractivity contribution in [1.82, 2.24) is 5.32 Å². The van der Waals surface area contributed by atoms with Crippen LogP contribution in [0.4, 0.5) is 0 Å². The van der Waals surface area contributed by atoms with Crippen LogP contribution in [-0.2, 0) is 4.74 Å². The number of hydrogen-bond donors (Lipinski definition) is 1. The highest BCUT2D eigenvalue weighted by Gasteiger charge is 2.23. The van der Waals surface area contributed by atoms with Crippen LogP contribution in [0.2, 0.25) is 5.02 Å². The molecule has 0 saturated heterocycles. The molecular formula is C17H20ClNO. The SMILES string of the molecule is CCOC(c1ccccc1)C(NC)c1cccc(Cl)c1. The Bertz CT molecular complexity index is 530. The molecule has 2 unspecified atom stereocenters. The average molecular weight is 290 g/mol. The number of benzene rings is 2. The summed E-state index contributed by atoms with van der Waals surface area (Å²) >= 11 is 6.11. The number of hydrogen-bond acceptors (Lipinski definition) is 2. The zero-order valence-corrected chi connectivity index (χ0v) is 12.6. The Morgan fingerprint density at radius 2 is 1.75 bits per heavy atom. The fourth-order valence-electron chi connectivity index (χ4n) is 2.40. The number of nitrogens with one attached hydrogen (secondary N) is 1. The quantitative estimate of drug-likeness (QED) is 0.852. The largest absolute Gasteiger partial charge is 0.372 e. The molecule has 0 amide bonds. The molecule has 2 aromatic carbocycles. The zero-order valence-electron chi connectivity index (χ0n) is 11.8. The predicted octanol–water partition coefficient (Wildman–Crippen LogP) is 4.38. The molecule has 20 heavy (non-hydrogen) atoms. The summed E-state index contributed by atoms with van der Waals surface area (Å²) in [6.45, 7) is 2.68. The third kappa shape index (κ3) is 3.60. The number of rotatable bonds is 6. The van der Waals surface area contributed by atoms with Crippen LogP contribution in [0.15, 0.2) is 54.6 Å². The second kappa shape index (κ2) is 7.44. The minimum Gasteiger partial charge on any atom is -0.372 e. The summed E-state index contributed by atoms with van der Waals surface area (Å²) in [6, 6.07) is 18.2. The van der Waals surface area contributed by atoms with E-state index in [9.17, 15) is 0 Å². The van der Waals surface area contributed by atoms with Gasteiger partial charge in [-0.15, -0.1) is 0 Å². The maximum absolute atomic E-state index is 6.11. The summed E-state index contributed by atoms with van der Waals surface area (Å²) in [5.74, 6) is 0. The highest BCUT2D eigenvalue weighted by Crippen LogP contribution is 2.32. The molecule has 0 aromatic heterocycles. The molecule has 0 radical (unpaired) electrons. The molecule has 2 rings (SSSR count). The first kappa shape index (κ1) is 15.0. The van der Waals surface area contributed by atoms with Gasteiger partial charge in [0, 0.05) is 11.6 Å². The first-order valence-corrected chi connectivity index (χ1v) is 7.23. The van der Waals surface area contributed by atoms with Gasteiger partial charge in [0.1, 0.15) is 6.10 Å². The van der Waals surface area contributed by atoms with Gasteiger partial charge in [-0.1, -0.05) is 54.1 Å². The van der Waals surface area contributed by atoms with Crippen molar-refractivity contribution in [3.63, 3.8) is 0 Å². The van der Waals surface area contributed by atoms with E-state index in [1.165, 1.54) is 0 Å². The first-order valence-electron chi connectivity index (χ1n) is 6.85. The van der Waals surface area contributed by atoms with Crippen LogP contribution in [0.1, 0.15) is 30.2 Å². The molecule has 0 spiro atoms. The van der Waals surface area contributed by atoms with E-state index in [4.69, 9.17) is 16.3 Å². The Morgan fingerprint density at radius 1 is 1.05 bits per heavy atom. The summed E-state index contributed by atoms with van der Waals surface area (Å²) in [5, 5.41) is 4.09. The predicted molar refractivity (Wildman–Crippen MR) is 84.1 cm³/mol. The van der Waals surface area contributed by atoms with Gasteiger partial charge in [-0.25, -0.2) is 0 Å². The Balaban J connectivity index is 2.35. The first-order chi connectivity index (χ1) is 9.76. The van der Waals surface area contributed by atoms with Crippen molar-refractivity contribution in [1.29, 1.82) is 0 Å². The van der Waals surface area contributed by atoms with E-state index in [0.29, 0.717) is 6.61 Å². The molecule has 1 N–H and O–H groups in total. The van der Waals surface area contributed by atoms with Crippen molar-refractivity contribution in [3.8, 4) is 0 Å². The molecule has 0 aliphatic heterocycles. The Hall–Kier alpha value is -1.35. The van der Waals surface area contributed by atoms with Crippen LogP contribution in [-0.4, -0.2) is 13.7 Å². The molecule has 0 heterocycles. The van der Waals surface area contributed by atoms with Crippen LogP contribution in [0.5, 0.6) is 0 Å². The smallest absolute Gasteiger partial charge is 0.102 e. The van der Waals surface area contributed by atoms with Crippen molar-refractivity contribution in [2.75, 3.05) is 13.7 Å². The van der Waals surface area contributed by atoms with Gasteiger partial charge in [-0.05, 0) is 37.2 Å². The third-order valence-corrected chi connectivity index (χ3v) is 3.53. The summed E-state index contributed by atoms with van der Waals surface area (Å²) in [6.07, 6.45) is -0.0373. The van der Waals surface area contributed by atoms with E-state index in [0.717, 1.165) is 16.1 Å². The van der Waals surface area contributed by atoms with Crippen molar-refractivity contribution in [2.45, 2.75) is 19.1 Å². The maximum Gasteiger partial charge on any atom is 0.102 e. The monoisotopic (exact) mass is 289 g/mol. The van der Waals surface area contributed by atoms with Crippen LogP contribution in [0.3, 0.4) is 0 Å². The van der Waals surface area contributed by atoms with Crippen LogP contribution in [0.25, 0.3) is 0 Å². The second-order valence-electron chi connectivity index (χ2n) is 4.61. The van der Waals surface area contributed by atoms with E-state index in [1.54, 1.807) is 0 Å². The zero-order chi connectivity index (χ0) is 14.4. The fourth-order valence-corrected chi connectivity index (χ4v) is 2.60. The fraction of sp³-hybridized carbons (Fsp3) is 0.294. The van der Waals surface area contributed by atoms with Gasteiger partial charge in [-0.3, -0.25) is 0 Å². The summed E-state index contributed by atoms with van der Waals surface area (Å²) in [4.78, 5) is 0. The van der Waals surface area contributed by atoms with E-state index >= 15 is 0 Å². The van der Waals surface area contributed by atoms with E-state index < -0.39 is 0 Å². The van der Waals surface area contributed by atoms with Crippen LogP contribution < -0.4 is 5.32 Å². The number of likely N-dealkylation sites (N-methyl/N-ethyl adjacent to an activating group) is 1. The minimum atomic E-state index is -0.0373. The molecule has 0 fully saturated rings. The third-order valence-electron chi connectivity index (χ3n) is 3.30. The summed E-state index contributed by atoms with van der Waals surface area (Å²) < 4.78 is 5.97. The lowest BCUT2D eigenvalue weighted by Gasteiger charge is -2.27. The average Bonchev–Trinajstić information content (AvgIpc) is 2.48. The molecule has 0 aliphatic rings. The molecule has 106 valence electrons. The van der Waals surface area contributed by atoms with Gasteiger partial charge >= 0.3 is 0 Å². The van der Waals surface area contributed by atoms with Gasteiger partial charge < -0.3 is 10.1 Å². The molecule has 0 bridgehead atoms. The van der Waals surface area contributed by atoms with Gasteiger partial charge in [0.25, 0.3) is 0 Å². The number of halogens is 1. The van der Waals surface area contributed by atoms with Crippen molar-refractivity contribution >= 4 is 11.6 Å². The Morgan fingerprint density at radius 3 is 2.35 bits per heavy atom. The van der Waals surface area contributed by atoms with Crippen molar-refractivity contribution < 1.29 is 4.74 Å². The van der Waals surface area contributed by atoms with Crippen LogP contribution >= 0.6 is 11.6 Å². The topological polar surface area (TPSA) is 21.3 Å². The second-order valence-corrected chi connectivity index (χ2v) is 5.04. The van der Waals surface area contributed by atoms with Crippen molar-refractivity contribution in [2.24, 2.45) is 0 Å². The molecular weight excluding hydrogens is 270 g/mol. The Kier molecular flexibility index (Phi) is 5.60. The van der Waals surface area contributed by atoms with Gasteiger partial charge in [0.05, 0.1) is 6.04 Å². The van der Waals surface area contributed by atoms with E-state index in [2.05, 4.69) is 23.5 Å². The lowest BCUT2D eigenvalue weighted by molar-refractivity contribution is 0.0347. The lowest BCUT2D eigenvalue weighted by atomic mass is 9.95. The van der Waals surface area contributed by atoms with E-state index in [-0.39, 0.29) is 12.1 Å². The lowest BCUT2D eigenvalue weighted by Crippen LogP contribution is -2.26. The molecule has 2 aromatic rings. The molecule has 0 aliphatic carbocycles. The van der Waals surface area contributed by atoms with Gasteiger partial charge in [0.15, 0.2) is 0 Å². The standard InChI is InChI=1S/C17H20ClNO/c1-3-20-17(13-8-5-4-6-9-13)16(19-2)14-10-7-11-15(18)12-14/h4-12,16-17,19H,3H2,1-2H3. The highest BCUT2D eigenvalue weighted by atomic mass is 35.5. The van der Waals surface area contributed by atoms with Crippen molar-refractivity contribution in [3.05, 3.63) is 70.7 Å². The molecule has 2 nitrogen and oxygen atoms in total. The summed E-state index contributed by atoms with van der Waals surface area (Å²) in [5.41, 5.74) is 2.29.